The van der Waals surface area contributed by atoms with Crippen LogP contribution in [0, 0.1) is 0 Å². The highest BCUT2D eigenvalue weighted by molar-refractivity contribution is 5.24. The number of aromatic nitrogens is 4. The molecule has 0 saturated carbocycles. The summed E-state index contributed by atoms with van der Waals surface area (Å²) < 4.78 is 1.94. The third-order valence-electron chi connectivity index (χ3n) is 2.78. The van der Waals surface area contributed by atoms with Gasteiger partial charge in [0.1, 0.15) is 6.33 Å². The molecule has 0 saturated heterocycles. The fraction of sp³-hybridized carbons (Fsp3) is 0.417. The topological polar surface area (TPSA) is 69.6 Å². The second-order valence-electron chi connectivity index (χ2n) is 3.88. The molecule has 90 valence electrons. The monoisotopic (exact) mass is 231 g/mol. The van der Waals surface area contributed by atoms with Gasteiger partial charge in [-0.3, -0.25) is 4.68 Å². The van der Waals surface area contributed by atoms with Gasteiger partial charge in [0.25, 0.3) is 0 Å². The summed E-state index contributed by atoms with van der Waals surface area (Å²) in [5.41, 5.74) is 9.20. The van der Waals surface area contributed by atoms with E-state index < -0.39 is 0 Å². The predicted octanol–water partition coefficient (Wildman–Crippen LogP) is 1.30. The van der Waals surface area contributed by atoms with Crippen molar-refractivity contribution in [3.05, 3.63) is 41.7 Å². The third kappa shape index (κ3) is 2.34. The van der Waals surface area contributed by atoms with Gasteiger partial charge < -0.3 is 5.73 Å². The largest absolute Gasteiger partial charge is 0.319 e. The normalized spacial score (nSPS) is 12.6. The van der Waals surface area contributed by atoms with Crippen LogP contribution in [0.5, 0.6) is 0 Å². The Morgan fingerprint density at radius 3 is 2.59 bits per heavy atom. The number of aryl methyl sites for hydroxylation is 2. The van der Waals surface area contributed by atoms with Crippen molar-refractivity contribution in [2.75, 3.05) is 0 Å². The van der Waals surface area contributed by atoms with Gasteiger partial charge >= 0.3 is 0 Å². The van der Waals surface area contributed by atoms with Crippen molar-refractivity contribution in [3.8, 4) is 0 Å². The minimum Gasteiger partial charge on any atom is -0.319 e. The van der Waals surface area contributed by atoms with Crippen molar-refractivity contribution in [3.63, 3.8) is 0 Å². The maximum Gasteiger partial charge on any atom is 0.115 e. The molecule has 2 rings (SSSR count). The summed E-state index contributed by atoms with van der Waals surface area (Å²) in [4.78, 5) is 7.99. The van der Waals surface area contributed by atoms with Gasteiger partial charge in [0, 0.05) is 24.5 Å². The van der Waals surface area contributed by atoms with Gasteiger partial charge in [-0.1, -0.05) is 6.92 Å². The van der Waals surface area contributed by atoms with Gasteiger partial charge in [-0.15, -0.1) is 0 Å². The van der Waals surface area contributed by atoms with E-state index in [0.29, 0.717) is 0 Å². The lowest BCUT2D eigenvalue weighted by atomic mass is 10.1. The molecule has 2 aromatic rings. The molecule has 17 heavy (non-hydrogen) atoms. The SMILES string of the molecule is CCc1cc(C(N)c2cncnc2)n(CC)n1. The second-order valence-corrected chi connectivity index (χ2v) is 3.88. The first-order chi connectivity index (χ1) is 8.26. The van der Waals surface area contributed by atoms with Crippen molar-refractivity contribution in [1.29, 1.82) is 0 Å². The quantitative estimate of drug-likeness (QED) is 0.861. The zero-order valence-corrected chi connectivity index (χ0v) is 10.2. The number of rotatable bonds is 4. The van der Waals surface area contributed by atoms with E-state index in [1.807, 2.05) is 4.68 Å². The summed E-state index contributed by atoms with van der Waals surface area (Å²) in [6, 6.07) is 1.84. The Labute approximate surface area is 101 Å². The highest BCUT2D eigenvalue weighted by atomic mass is 15.3. The smallest absolute Gasteiger partial charge is 0.115 e. The molecule has 0 aliphatic rings. The number of nitrogens with zero attached hydrogens (tertiary/aromatic N) is 4. The molecular weight excluding hydrogens is 214 g/mol. The number of nitrogens with two attached hydrogens (primary N) is 1. The molecule has 5 heteroatoms. The van der Waals surface area contributed by atoms with Crippen LogP contribution < -0.4 is 5.73 Å². The van der Waals surface area contributed by atoms with Crippen LogP contribution in [-0.2, 0) is 13.0 Å². The first kappa shape index (κ1) is 11.7. The Morgan fingerprint density at radius 2 is 2.00 bits per heavy atom. The Hall–Kier alpha value is -1.75. The van der Waals surface area contributed by atoms with E-state index >= 15 is 0 Å². The van der Waals surface area contributed by atoms with E-state index in [2.05, 4.69) is 35.0 Å². The molecule has 0 aliphatic carbocycles. The molecule has 0 fully saturated rings. The summed E-state index contributed by atoms with van der Waals surface area (Å²) in [6.07, 6.45) is 5.91. The molecule has 1 unspecified atom stereocenters. The average molecular weight is 231 g/mol. The van der Waals surface area contributed by atoms with E-state index in [-0.39, 0.29) is 6.04 Å². The van der Waals surface area contributed by atoms with Crippen LogP contribution in [0.15, 0.2) is 24.8 Å². The van der Waals surface area contributed by atoms with Gasteiger partial charge in [-0.25, -0.2) is 9.97 Å². The highest BCUT2D eigenvalue weighted by Crippen LogP contribution is 2.19. The zero-order valence-electron chi connectivity index (χ0n) is 10.2. The molecule has 0 aromatic carbocycles. The van der Waals surface area contributed by atoms with Gasteiger partial charge in [-0.2, -0.15) is 5.10 Å². The van der Waals surface area contributed by atoms with Crippen molar-refractivity contribution in [2.45, 2.75) is 32.9 Å². The van der Waals surface area contributed by atoms with Crippen LogP contribution >= 0.6 is 0 Å². The average Bonchev–Trinajstić information content (AvgIpc) is 2.82. The van der Waals surface area contributed by atoms with Crippen LogP contribution in [0.4, 0.5) is 0 Å². The summed E-state index contributed by atoms with van der Waals surface area (Å²) in [7, 11) is 0. The molecule has 1 atom stereocenters. The third-order valence-corrected chi connectivity index (χ3v) is 2.78. The molecule has 5 nitrogen and oxygen atoms in total. The molecule has 0 bridgehead atoms. The first-order valence-electron chi connectivity index (χ1n) is 5.83. The Morgan fingerprint density at radius 1 is 1.29 bits per heavy atom. The second kappa shape index (κ2) is 5.05. The molecule has 2 heterocycles. The lowest BCUT2D eigenvalue weighted by molar-refractivity contribution is 0.593. The molecule has 0 radical (unpaired) electrons. The fourth-order valence-corrected chi connectivity index (χ4v) is 1.81. The van der Waals surface area contributed by atoms with Gasteiger partial charge in [0.2, 0.25) is 0 Å². The van der Waals surface area contributed by atoms with Crippen LogP contribution in [-0.4, -0.2) is 19.7 Å². The van der Waals surface area contributed by atoms with Crippen LogP contribution in [0.3, 0.4) is 0 Å². The first-order valence-corrected chi connectivity index (χ1v) is 5.83. The van der Waals surface area contributed by atoms with Gasteiger partial charge in [0.05, 0.1) is 17.4 Å². The maximum absolute atomic E-state index is 6.22. The highest BCUT2D eigenvalue weighted by Gasteiger charge is 2.15. The van der Waals surface area contributed by atoms with E-state index in [1.54, 1.807) is 12.4 Å². The van der Waals surface area contributed by atoms with Crippen molar-refractivity contribution in [2.24, 2.45) is 5.73 Å². The molecule has 2 aromatic heterocycles. The summed E-state index contributed by atoms with van der Waals surface area (Å²) in [5.74, 6) is 0. The van der Waals surface area contributed by atoms with Crippen LogP contribution in [0.1, 0.15) is 36.8 Å². The fourth-order valence-electron chi connectivity index (χ4n) is 1.81. The molecule has 0 spiro atoms. The molecule has 0 amide bonds. The van der Waals surface area contributed by atoms with Crippen LogP contribution in [0.2, 0.25) is 0 Å². The van der Waals surface area contributed by atoms with Gasteiger partial charge in [-0.05, 0) is 19.4 Å². The van der Waals surface area contributed by atoms with Gasteiger partial charge in [0.15, 0.2) is 0 Å². The molecular formula is C12H17N5. The summed E-state index contributed by atoms with van der Waals surface area (Å²) >= 11 is 0. The van der Waals surface area contributed by atoms with E-state index in [9.17, 15) is 0 Å². The van der Waals surface area contributed by atoms with Crippen molar-refractivity contribution >= 4 is 0 Å². The number of hydrogen-bond donors (Lipinski definition) is 1. The zero-order chi connectivity index (χ0) is 12.3. The Balaban J connectivity index is 2.36. The minimum atomic E-state index is -0.219. The molecule has 2 N–H and O–H groups in total. The molecule has 0 aliphatic heterocycles. The Bertz CT molecular complexity index is 477. The summed E-state index contributed by atoms with van der Waals surface area (Å²) in [6.45, 7) is 4.96. The van der Waals surface area contributed by atoms with Crippen LogP contribution in [0.25, 0.3) is 0 Å². The lowest BCUT2D eigenvalue weighted by Crippen LogP contribution is -2.17. The predicted molar refractivity (Wildman–Crippen MR) is 65.3 cm³/mol. The Kier molecular flexibility index (Phi) is 3.49. The van der Waals surface area contributed by atoms with E-state index in [0.717, 1.165) is 29.9 Å². The van der Waals surface area contributed by atoms with Crippen molar-refractivity contribution in [1.82, 2.24) is 19.7 Å². The van der Waals surface area contributed by atoms with E-state index in [1.165, 1.54) is 6.33 Å². The summed E-state index contributed by atoms with van der Waals surface area (Å²) in [5, 5.41) is 4.49. The lowest BCUT2D eigenvalue weighted by Gasteiger charge is -2.12. The van der Waals surface area contributed by atoms with E-state index in [4.69, 9.17) is 5.73 Å². The number of hydrogen-bond acceptors (Lipinski definition) is 4. The van der Waals surface area contributed by atoms with Crippen molar-refractivity contribution < 1.29 is 0 Å². The standard InChI is InChI=1S/C12H17N5/c1-3-10-5-11(17(4-2)16-10)12(13)9-6-14-8-15-7-9/h5-8,12H,3-4,13H2,1-2H3. The maximum atomic E-state index is 6.22. The minimum absolute atomic E-state index is 0.219.